The summed E-state index contributed by atoms with van der Waals surface area (Å²) >= 11 is 0. The first-order valence-electron chi connectivity index (χ1n) is 7.79. The summed E-state index contributed by atoms with van der Waals surface area (Å²) in [6, 6.07) is 14.3. The monoisotopic (exact) mass is 311 g/mol. The van der Waals surface area contributed by atoms with E-state index in [1.165, 1.54) is 5.56 Å². The van der Waals surface area contributed by atoms with Crippen LogP contribution in [-0.4, -0.2) is 13.1 Å². The molecule has 0 unspecified atom stereocenters. The highest BCUT2D eigenvalue weighted by molar-refractivity contribution is 5.92. The molecule has 23 heavy (non-hydrogen) atoms. The molecule has 0 aliphatic heterocycles. The maximum Gasteiger partial charge on any atom is 0.193 e. The number of hydrogen-bond acceptors (Lipinski definition) is 2. The van der Waals surface area contributed by atoms with Crippen LogP contribution in [0.4, 0.5) is 5.69 Å². The van der Waals surface area contributed by atoms with Gasteiger partial charge in [-0.25, -0.2) is 4.99 Å². The molecular weight excluding hydrogens is 286 g/mol. The normalized spacial score (nSPS) is 11.6. The van der Waals surface area contributed by atoms with Crippen molar-refractivity contribution in [2.45, 2.75) is 33.2 Å². The van der Waals surface area contributed by atoms with Gasteiger partial charge in [0.25, 0.3) is 0 Å². The SMILES string of the molecule is COc1cc(C)cc(CN=C(N)Nc2cccc(C(C)C)c2)c1. The van der Waals surface area contributed by atoms with Gasteiger partial charge in [-0.15, -0.1) is 0 Å². The lowest BCUT2D eigenvalue weighted by Gasteiger charge is -2.10. The van der Waals surface area contributed by atoms with E-state index in [4.69, 9.17) is 10.5 Å². The van der Waals surface area contributed by atoms with Gasteiger partial charge in [0, 0.05) is 5.69 Å². The highest BCUT2D eigenvalue weighted by Gasteiger charge is 2.02. The van der Waals surface area contributed by atoms with Crippen LogP contribution in [0.2, 0.25) is 0 Å². The lowest BCUT2D eigenvalue weighted by atomic mass is 10.0. The van der Waals surface area contributed by atoms with Gasteiger partial charge < -0.3 is 15.8 Å². The van der Waals surface area contributed by atoms with Crippen molar-refractivity contribution in [1.29, 1.82) is 0 Å². The molecular formula is C19H25N3O. The fraction of sp³-hybridized carbons (Fsp3) is 0.316. The van der Waals surface area contributed by atoms with Gasteiger partial charge in [0.1, 0.15) is 5.75 Å². The molecule has 3 N–H and O–H groups in total. The van der Waals surface area contributed by atoms with Gasteiger partial charge in [0.15, 0.2) is 5.96 Å². The topological polar surface area (TPSA) is 59.6 Å². The summed E-state index contributed by atoms with van der Waals surface area (Å²) in [5.74, 6) is 1.73. The van der Waals surface area contributed by atoms with Gasteiger partial charge in [-0.05, 0) is 53.8 Å². The van der Waals surface area contributed by atoms with E-state index in [-0.39, 0.29) is 0 Å². The highest BCUT2D eigenvalue weighted by atomic mass is 16.5. The number of guanidine groups is 1. The van der Waals surface area contributed by atoms with Crippen molar-refractivity contribution >= 4 is 11.6 Å². The van der Waals surface area contributed by atoms with Crippen molar-refractivity contribution in [3.05, 3.63) is 59.2 Å². The molecule has 0 aliphatic carbocycles. The van der Waals surface area contributed by atoms with Gasteiger partial charge in [-0.2, -0.15) is 0 Å². The molecule has 0 heterocycles. The molecule has 0 saturated carbocycles. The average molecular weight is 311 g/mol. The molecule has 0 spiro atoms. The molecule has 0 bridgehead atoms. The molecule has 4 heteroatoms. The smallest absolute Gasteiger partial charge is 0.193 e. The molecule has 0 aromatic heterocycles. The van der Waals surface area contributed by atoms with Crippen LogP contribution in [0.3, 0.4) is 0 Å². The van der Waals surface area contributed by atoms with E-state index in [1.807, 2.05) is 31.2 Å². The predicted octanol–water partition coefficient (Wildman–Crippen LogP) is 4.05. The van der Waals surface area contributed by atoms with Crippen LogP contribution in [0.15, 0.2) is 47.5 Å². The maximum absolute atomic E-state index is 6.00. The number of benzene rings is 2. The number of rotatable bonds is 5. The second kappa shape index (κ2) is 7.68. The highest BCUT2D eigenvalue weighted by Crippen LogP contribution is 2.19. The van der Waals surface area contributed by atoms with Crippen LogP contribution >= 0.6 is 0 Å². The summed E-state index contributed by atoms with van der Waals surface area (Å²) in [6.07, 6.45) is 0. The summed E-state index contributed by atoms with van der Waals surface area (Å²) < 4.78 is 5.28. The zero-order valence-corrected chi connectivity index (χ0v) is 14.3. The summed E-state index contributed by atoms with van der Waals surface area (Å²) in [5.41, 5.74) is 10.4. The van der Waals surface area contributed by atoms with E-state index in [2.05, 4.69) is 42.4 Å². The fourth-order valence-corrected chi connectivity index (χ4v) is 2.37. The second-order valence-corrected chi connectivity index (χ2v) is 5.97. The number of anilines is 1. The summed E-state index contributed by atoms with van der Waals surface area (Å²) in [6.45, 7) is 6.89. The predicted molar refractivity (Wildman–Crippen MR) is 97.2 cm³/mol. The minimum Gasteiger partial charge on any atom is -0.497 e. The number of nitrogens with one attached hydrogen (secondary N) is 1. The largest absolute Gasteiger partial charge is 0.497 e. The Hall–Kier alpha value is -2.49. The second-order valence-electron chi connectivity index (χ2n) is 5.97. The third-order valence-corrected chi connectivity index (χ3v) is 3.60. The first kappa shape index (κ1) is 16.9. The van der Waals surface area contributed by atoms with Crippen molar-refractivity contribution in [2.24, 2.45) is 10.7 Å². The average Bonchev–Trinajstić information content (AvgIpc) is 2.52. The summed E-state index contributed by atoms with van der Waals surface area (Å²) in [7, 11) is 1.67. The number of hydrogen-bond donors (Lipinski definition) is 2. The zero-order valence-electron chi connectivity index (χ0n) is 14.3. The van der Waals surface area contributed by atoms with Crippen molar-refractivity contribution < 1.29 is 4.74 Å². The molecule has 0 amide bonds. The standard InChI is InChI=1S/C19H25N3O/c1-13(2)16-6-5-7-17(11-16)22-19(20)21-12-15-8-14(3)9-18(10-15)23-4/h5-11,13H,12H2,1-4H3,(H3,20,21,22). The van der Waals surface area contributed by atoms with Gasteiger partial charge in [-0.3, -0.25) is 0 Å². The van der Waals surface area contributed by atoms with Crippen LogP contribution in [-0.2, 0) is 6.54 Å². The molecule has 0 saturated heterocycles. The van der Waals surface area contributed by atoms with E-state index >= 15 is 0 Å². The lowest BCUT2D eigenvalue weighted by Crippen LogP contribution is -2.22. The Morgan fingerprint density at radius 2 is 2.00 bits per heavy atom. The zero-order chi connectivity index (χ0) is 16.8. The van der Waals surface area contributed by atoms with Crippen molar-refractivity contribution in [1.82, 2.24) is 0 Å². The number of ether oxygens (including phenoxy) is 1. The van der Waals surface area contributed by atoms with E-state index in [0.717, 1.165) is 22.6 Å². The molecule has 122 valence electrons. The van der Waals surface area contributed by atoms with E-state index in [9.17, 15) is 0 Å². The maximum atomic E-state index is 6.00. The van der Waals surface area contributed by atoms with Gasteiger partial charge >= 0.3 is 0 Å². The Morgan fingerprint density at radius 3 is 2.70 bits per heavy atom. The molecule has 0 aliphatic rings. The Balaban J connectivity index is 2.06. The number of nitrogens with two attached hydrogens (primary N) is 1. The van der Waals surface area contributed by atoms with Crippen LogP contribution in [0.25, 0.3) is 0 Å². The number of methoxy groups -OCH3 is 1. The first-order chi connectivity index (χ1) is 11.0. The Labute approximate surface area is 138 Å². The Morgan fingerprint density at radius 1 is 1.22 bits per heavy atom. The van der Waals surface area contributed by atoms with Gasteiger partial charge in [0.05, 0.1) is 13.7 Å². The quantitative estimate of drug-likeness (QED) is 0.647. The van der Waals surface area contributed by atoms with E-state index < -0.39 is 0 Å². The molecule has 0 radical (unpaired) electrons. The molecule has 2 aromatic rings. The fourth-order valence-electron chi connectivity index (χ4n) is 2.37. The lowest BCUT2D eigenvalue weighted by molar-refractivity contribution is 0.414. The Kier molecular flexibility index (Phi) is 5.63. The van der Waals surface area contributed by atoms with Crippen LogP contribution in [0.1, 0.15) is 36.5 Å². The summed E-state index contributed by atoms with van der Waals surface area (Å²) in [4.78, 5) is 4.41. The molecule has 2 rings (SSSR count). The van der Waals surface area contributed by atoms with Crippen LogP contribution in [0.5, 0.6) is 5.75 Å². The molecule has 0 atom stereocenters. The minimum atomic E-state index is 0.409. The minimum absolute atomic E-state index is 0.409. The van der Waals surface area contributed by atoms with Crippen LogP contribution < -0.4 is 15.8 Å². The third-order valence-electron chi connectivity index (χ3n) is 3.60. The van der Waals surface area contributed by atoms with E-state index in [0.29, 0.717) is 18.4 Å². The molecule has 0 fully saturated rings. The molecule has 4 nitrogen and oxygen atoms in total. The van der Waals surface area contributed by atoms with Gasteiger partial charge in [0.2, 0.25) is 0 Å². The van der Waals surface area contributed by atoms with Crippen LogP contribution in [0, 0.1) is 6.92 Å². The van der Waals surface area contributed by atoms with E-state index in [1.54, 1.807) is 7.11 Å². The van der Waals surface area contributed by atoms with Gasteiger partial charge in [-0.1, -0.05) is 32.0 Å². The Bertz CT molecular complexity index is 693. The molecule has 2 aromatic carbocycles. The first-order valence-corrected chi connectivity index (χ1v) is 7.79. The summed E-state index contributed by atoms with van der Waals surface area (Å²) in [5, 5.41) is 3.15. The third kappa shape index (κ3) is 5.02. The van der Waals surface area contributed by atoms with Crippen molar-refractivity contribution in [2.75, 3.05) is 12.4 Å². The number of nitrogens with zero attached hydrogens (tertiary/aromatic N) is 1. The van der Waals surface area contributed by atoms with Crippen molar-refractivity contribution in [3.63, 3.8) is 0 Å². The number of aliphatic imine (C=N–C) groups is 1. The van der Waals surface area contributed by atoms with Crippen molar-refractivity contribution in [3.8, 4) is 5.75 Å². The number of aryl methyl sites for hydroxylation is 1.